The summed E-state index contributed by atoms with van der Waals surface area (Å²) in [5.41, 5.74) is 3.18. The van der Waals surface area contributed by atoms with Crippen LogP contribution in [0.1, 0.15) is 43.2 Å². The number of aliphatic carboxylic acids is 1. The summed E-state index contributed by atoms with van der Waals surface area (Å²) in [6.07, 6.45) is 0.0450. The molecule has 164 valence electrons. The average Bonchev–Trinajstić information content (AvgIpc) is 3.51. The average molecular weight is 432 g/mol. The minimum Gasteiger partial charge on any atom is -0.480 e. The number of carbonyl (C=O) groups excluding carboxylic acids is 2. The van der Waals surface area contributed by atoms with Gasteiger partial charge in [-0.05, 0) is 42.0 Å². The smallest absolute Gasteiger partial charge is 0.407 e. The fourth-order valence-corrected chi connectivity index (χ4v) is 4.04. The molecule has 2 aliphatic carbocycles. The van der Waals surface area contributed by atoms with Crippen molar-refractivity contribution in [1.82, 2.24) is 10.6 Å². The van der Waals surface area contributed by atoms with Crippen molar-refractivity contribution in [3.05, 3.63) is 59.7 Å². The predicted octanol–water partition coefficient (Wildman–Crippen LogP) is 3.04. The van der Waals surface area contributed by atoms with Crippen LogP contribution in [0, 0.1) is 11.8 Å². The first kappa shape index (κ1) is 21.4. The van der Waals surface area contributed by atoms with Crippen LogP contribution < -0.4 is 10.6 Å². The van der Waals surface area contributed by atoms with Crippen LogP contribution in [0.25, 0.3) is 11.1 Å². The molecule has 1 saturated carbocycles. The Kier molecular flexibility index (Phi) is 5.87. The number of hydrogen-bond donors (Lipinski definition) is 3. The molecule has 2 aromatic rings. The van der Waals surface area contributed by atoms with Crippen LogP contribution in [0.15, 0.2) is 48.5 Å². The molecule has 7 heteroatoms. The fourth-order valence-electron chi connectivity index (χ4n) is 4.04. The highest BCUT2D eigenvalue weighted by molar-refractivity contribution is 5.93. The molecule has 7 nitrogen and oxygen atoms in total. The van der Waals surface area contributed by atoms with E-state index in [0.29, 0.717) is 12.8 Å². The van der Waals surface area contributed by atoms with Crippen LogP contribution in [0.5, 0.6) is 0 Å². The lowest BCUT2D eigenvalue weighted by molar-refractivity contribution is -0.143. The molecule has 0 spiro atoms. The third-order valence-electron chi connectivity index (χ3n) is 5.96. The maximum atomic E-state index is 12.6. The number of carboxylic acid groups (broad SMARTS) is 1. The van der Waals surface area contributed by atoms with Gasteiger partial charge < -0.3 is 20.5 Å². The van der Waals surface area contributed by atoms with Gasteiger partial charge in [-0.3, -0.25) is 4.79 Å². The lowest BCUT2D eigenvalue weighted by Gasteiger charge is -2.20. The molecule has 1 unspecified atom stereocenters. The van der Waals surface area contributed by atoms with Gasteiger partial charge in [0.25, 0.3) is 0 Å². The summed E-state index contributed by atoms with van der Waals surface area (Å²) in [5, 5.41) is 14.4. The van der Waals surface area contributed by atoms with E-state index in [1.165, 1.54) is 0 Å². The largest absolute Gasteiger partial charge is 0.480 e. The van der Waals surface area contributed by atoms with Gasteiger partial charge >= 0.3 is 12.1 Å². The summed E-state index contributed by atoms with van der Waals surface area (Å²) >= 11 is 0. The van der Waals surface area contributed by atoms with Crippen LogP contribution in [-0.4, -0.2) is 41.3 Å². The number of amides is 2. The Morgan fingerprint density at radius 3 is 2.22 bits per heavy atom. The maximum absolute atomic E-state index is 12.6. The van der Waals surface area contributed by atoms with E-state index in [2.05, 4.69) is 22.5 Å². The Bertz CT molecular complexity index is 1080. The maximum Gasteiger partial charge on any atom is 0.407 e. The van der Waals surface area contributed by atoms with E-state index in [4.69, 9.17) is 4.74 Å². The Hall–Kier alpha value is -3.79. The van der Waals surface area contributed by atoms with Gasteiger partial charge in [-0.25, -0.2) is 9.59 Å². The van der Waals surface area contributed by atoms with Crippen molar-refractivity contribution >= 4 is 18.0 Å². The molecule has 3 N–H and O–H groups in total. The molecule has 0 aliphatic heterocycles. The van der Waals surface area contributed by atoms with Gasteiger partial charge in [-0.15, -0.1) is 11.8 Å². The second kappa shape index (κ2) is 8.75. The third-order valence-corrected chi connectivity index (χ3v) is 5.96. The van der Waals surface area contributed by atoms with Gasteiger partial charge in [0.1, 0.15) is 18.2 Å². The van der Waals surface area contributed by atoms with Crippen LogP contribution in [-0.2, 0) is 14.3 Å². The quantitative estimate of drug-likeness (QED) is 0.584. The summed E-state index contributed by atoms with van der Waals surface area (Å²) in [5.74, 6) is 3.69. The van der Waals surface area contributed by atoms with Gasteiger partial charge in [-0.1, -0.05) is 48.5 Å². The SMILES string of the molecule is CC#CCC(NC(=O)OCC1c2ccccc2-c2ccccc21)C(=O)NC1(C(=O)O)CC1. The predicted molar refractivity (Wildman–Crippen MR) is 118 cm³/mol. The van der Waals surface area contributed by atoms with Crippen molar-refractivity contribution in [3.8, 4) is 23.0 Å². The van der Waals surface area contributed by atoms with Crippen LogP contribution >= 0.6 is 0 Å². The minimum absolute atomic E-state index is 0.0578. The summed E-state index contributed by atoms with van der Waals surface area (Å²) < 4.78 is 5.50. The first-order valence-corrected chi connectivity index (χ1v) is 10.5. The number of rotatable bonds is 7. The fraction of sp³-hybridized carbons (Fsp3) is 0.320. The van der Waals surface area contributed by atoms with E-state index in [0.717, 1.165) is 22.3 Å². The number of carboxylic acids is 1. The van der Waals surface area contributed by atoms with Gasteiger partial charge in [-0.2, -0.15) is 0 Å². The van der Waals surface area contributed by atoms with E-state index in [1.54, 1.807) is 6.92 Å². The van der Waals surface area contributed by atoms with E-state index >= 15 is 0 Å². The minimum atomic E-state index is -1.24. The molecule has 2 aromatic carbocycles. The van der Waals surface area contributed by atoms with Gasteiger partial charge in [0.15, 0.2) is 0 Å². The van der Waals surface area contributed by atoms with Crippen molar-refractivity contribution in [1.29, 1.82) is 0 Å². The third kappa shape index (κ3) is 4.17. The molecule has 2 amide bonds. The standard InChI is InChI=1S/C25H24N2O5/c1-2-3-12-21(22(28)27-25(13-14-25)23(29)30)26-24(31)32-15-20-18-10-6-4-8-16(18)17-9-5-7-11-19(17)20/h4-11,20-21H,12-15H2,1H3,(H,26,31)(H,27,28)(H,29,30). The van der Waals surface area contributed by atoms with E-state index in [-0.39, 0.29) is 18.9 Å². The lowest BCUT2D eigenvalue weighted by Crippen LogP contribution is -2.52. The topological polar surface area (TPSA) is 105 Å². The molecular formula is C25H24N2O5. The lowest BCUT2D eigenvalue weighted by atomic mass is 9.98. The Morgan fingerprint density at radius 2 is 1.69 bits per heavy atom. The molecule has 4 rings (SSSR count). The Labute approximate surface area is 186 Å². The van der Waals surface area contributed by atoms with Crippen LogP contribution in [0.3, 0.4) is 0 Å². The Morgan fingerprint density at radius 1 is 1.09 bits per heavy atom. The highest BCUT2D eigenvalue weighted by atomic mass is 16.5. The second-order valence-corrected chi connectivity index (χ2v) is 8.03. The number of ether oxygens (including phenoxy) is 1. The number of benzene rings is 2. The zero-order chi connectivity index (χ0) is 22.7. The molecule has 0 bridgehead atoms. The molecule has 1 fully saturated rings. The number of alkyl carbamates (subject to hydrolysis) is 1. The second-order valence-electron chi connectivity index (χ2n) is 8.03. The number of carbonyl (C=O) groups is 3. The van der Waals surface area contributed by atoms with E-state index in [9.17, 15) is 19.5 Å². The summed E-state index contributed by atoms with van der Waals surface area (Å²) in [6, 6.07) is 15.0. The van der Waals surface area contributed by atoms with E-state index in [1.807, 2.05) is 48.5 Å². The van der Waals surface area contributed by atoms with Crippen molar-refractivity contribution in [2.75, 3.05) is 6.61 Å². The van der Waals surface area contributed by atoms with Crippen molar-refractivity contribution in [2.45, 2.75) is 43.7 Å². The summed E-state index contributed by atoms with van der Waals surface area (Å²) in [7, 11) is 0. The molecule has 32 heavy (non-hydrogen) atoms. The van der Waals surface area contributed by atoms with Crippen LogP contribution in [0.4, 0.5) is 4.79 Å². The number of nitrogens with one attached hydrogen (secondary N) is 2. The van der Waals surface area contributed by atoms with Gasteiger partial charge in [0, 0.05) is 12.3 Å². The highest BCUT2D eigenvalue weighted by Gasteiger charge is 2.52. The number of fused-ring (bicyclic) bond motifs is 3. The van der Waals surface area contributed by atoms with Crippen molar-refractivity contribution in [2.24, 2.45) is 0 Å². The summed E-state index contributed by atoms with van der Waals surface area (Å²) in [6.45, 7) is 1.74. The number of hydrogen-bond acceptors (Lipinski definition) is 4. The molecule has 2 aliphatic rings. The zero-order valence-electron chi connectivity index (χ0n) is 17.7. The molecule has 0 saturated heterocycles. The van der Waals surface area contributed by atoms with Crippen molar-refractivity contribution < 1.29 is 24.2 Å². The monoisotopic (exact) mass is 432 g/mol. The molecule has 0 aromatic heterocycles. The summed E-state index contributed by atoms with van der Waals surface area (Å²) in [4.78, 5) is 36.5. The normalized spacial score (nSPS) is 15.9. The molecule has 0 radical (unpaired) electrons. The van der Waals surface area contributed by atoms with Crippen molar-refractivity contribution in [3.63, 3.8) is 0 Å². The molecular weight excluding hydrogens is 408 g/mol. The highest BCUT2D eigenvalue weighted by Crippen LogP contribution is 2.44. The molecule has 0 heterocycles. The van der Waals surface area contributed by atoms with Gasteiger partial charge in [0.2, 0.25) is 5.91 Å². The first-order chi connectivity index (χ1) is 15.4. The zero-order valence-corrected chi connectivity index (χ0v) is 17.7. The van der Waals surface area contributed by atoms with E-state index < -0.39 is 29.6 Å². The first-order valence-electron chi connectivity index (χ1n) is 10.5. The molecule has 1 atom stereocenters. The Balaban J connectivity index is 1.42. The van der Waals surface area contributed by atoms with Crippen LogP contribution in [0.2, 0.25) is 0 Å². The van der Waals surface area contributed by atoms with Gasteiger partial charge in [0.05, 0.1) is 0 Å².